The second-order valence-electron chi connectivity index (χ2n) is 6.57. The summed E-state index contributed by atoms with van der Waals surface area (Å²) < 4.78 is 10.7. The lowest BCUT2D eigenvalue weighted by Gasteiger charge is -2.15. The maximum atomic E-state index is 12.6. The fraction of sp³-hybridized carbons (Fsp3) is 0.217. The lowest BCUT2D eigenvalue weighted by molar-refractivity contribution is -0.123. The monoisotopic (exact) mass is 392 g/mol. The zero-order valence-electron chi connectivity index (χ0n) is 16.5. The number of hydrogen-bond donors (Lipinski definition) is 2. The summed E-state index contributed by atoms with van der Waals surface area (Å²) in [5, 5.41) is 5.92. The van der Waals surface area contributed by atoms with E-state index >= 15 is 0 Å². The van der Waals surface area contributed by atoms with Crippen LogP contribution in [-0.4, -0.2) is 18.0 Å². The number of hydrogen-bond acceptors (Lipinski definition) is 5. The van der Waals surface area contributed by atoms with E-state index in [0.717, 1.165) is 12.2 Å². The summed E-state index contributed by atoms with van der Waals surface area (Å²) in [4.78, 5) is 25.0. The molecule has 0 saturated heterocycles. The molecule has 1 aromatic heterocycles. The Morgan fingerprint density at radius 2 is 1.79 bits per heavy atom. The van der Waals surface area contributed by atoms with Crippen LogP contribution < -0.4 is 10.6 Å². The van der Waals surface area contributed by atoms with Crippen molar-refractivity contribution in [2.75, 3.05) is 10.6 Å². The second kappa shape index (κ2) is 9.59. The summed E-state index contributed by atoms with van der Waals surface area (Å²) in [6.45, 7) is 4.05. The van der Waals surface area contributed by atoms with Crippen molar-refractivity contribution in [3.8, 4) is 0 Å². The number of ether oxygens (including phenoxy) is 1. The van der Waals surface area contributed by atoms with Gasteiger partial charge in [0.05, 0.1) is 18.4 Å². The van der Waals surface area contributed by atoms with E-state index in [1.807, 2.05) is 36.4 Å². The number of aryl methyl sites for hydroxylation is 1. The highest BCUT2D eigenvalue weighted by molar-refractivity contribution is 5.99. The smallest absolute Gasteiger partial charge is 0.341 e. The second-order valence-corrected chi connectivity index (χ2v) is 6.57. The number of amides is 1. The van der Waals surface area contributed by atoms with Gasteiger partial charge in [-0.1, -0.05) is 31.2 Å². The molecule has 0 bridgehead atoms. The van der Waals surface area contributed by atoms with E-state index in [4.69, 9.17) is 9.15 Å². The third-order valence-electron chi connectivity index (χ3n) is 4.46. The van der Waals surface area contributed by atoms with Gasteiger partial charge in [0.25, 0.3) is 5.91 Å². The van der Waals surface area contributed by atoms with Gasteiger partial charge in [-0.2, -0.15) is 0 Å². The van der Waals surface area contributed by atoms with Gasteiger partial charge in [0.1, 0.15) is 5.76 Å². The molecule has 6 heteroatoms. The van der Waals surface area contributed by atoms with Gasteiger partial charge >= 0.3 is 5.97 Å². The van der Waals surface area contributed by atoms with Crippen molar-refractivity contribution in [2.45, 2.75) is 32.9 Å². The maximum absolute atomic E-state index is 12.6. The van der Waals surface area contributed by atoms with Gasteiger partial charge in [0, 0.05) is 11.4 Å². The Balaban J connectivity index is 1.60. The summed E-state index contributed by atoms with van der Waals surface area (Å²) in [5.74, 6) is -0.213. The van der Waals surface area contributed by atoms with Crippen molar-refractivity contribution in [1.82, 2.24) is 0 Å². The van der Waals surface area contributed by atoms with E-state index in [0.29, 0.717) is 23.5 Å². The number of rotatable bonds is 8. The molecule has 2 aromatic carbocycles. The first-order valence-corrected chi connectivity index (χ1v) is 9.53. The molecular formula is C23H24N2O4. The van der Waals surface area contributed by atoms with E-state index in [1.165, 1.54) is 5.56 Å². The molecule has 0 unspecified atom stereocenters. The number of para-hydroxylation sites is 1. The first-order valence-electron chi connectivity index (χ1n) is 9.53. The first-order chi connectivity index (χ1) is 14.1. The minimum absolute atomic E-state index is 0.353. The number of furan rings is 1. The molecule has 1 heterocycles. The van der Waals surface area contributed by atoms with Crippen LogP contribution in [0.1, 0.15) is 35.5 Å². The number of carbonyl (C=O) groups excluding carboxylic acids is 2. The maximum Gasteiger partial charge on any atom is 0.341 e. The Hall–Kier alpha value is -3.54. The van der Waals surface area contributed by atoms with Crippen LogP contribution in [0.15, 0.2) is 71.3 Å². The first kappa shape index (κ1) is 20.2. The molecule has 0 spiro atoms. The Morgan fingerprint density at radius 1 is 1.03 bits per heavy atom. The minimum Gasteiger partial charge on any atom is -0.467 e. The van der Waals surface area contributed by atoms with Crippen LogP contribution >= 0.6 is 0 Å². The molecule has 6 nitrogen and oxygen atoms in total. The third-order valence-corrected chi connectivity index (χ3v) is 4.46. The summed E-state index contributed by atoms with van der Waals surface area (Å²) in [7, 11) is 0. The highest BCUT2D eigenvalue weighted by atomic mass is 16.5. The van der Waals surface area contributed by atoms with Crippen molar-refractivity contribution in [3.63, 3.8) is 0 Å². The van der Waals surface area contributed by atoms with Gasteiger partial charge in [-0.15, -0.1) is 0 Å². The largest absolute Gasteiger partial charge is 0.467 e. The van der Waals surface area contributed by atoms with Crippen molar-refractivity contribution in [1.29, 1.82) is 0 Å². The van der Waals surface area contributed by atoms with Crippen molar-refractivity contribution < 1.29 is 18.7 Å². The quantitative estimate of drug-likeness (QED) is 0.546. The topological polar surface area (TPSA) is 80.6 Å². The molecule has 150 valence electrons. The predicted octanol–water partition coefficient (Wildman–Crippen LogP) is 4.64. The molecule has 0 aliphatic carbocycles. The standard InChI is InChI=1S/C23H24N2O4/c1-3-17-10-12-18(13-11-17)25-22(26)16(2)29-23(27)20-8-4-5-9-21(20)24-15-19-7-6-14-28-19/h4-14,16,24H,3,15H2,1-2H3,(H,25,26)/t16-/m1/s1. The van der Waals surface area contributed by atoms with E-state index < -0.39 is 12.1 Å². The van der Waals surface area contributed by atoms with E-state index in [-0.39, 0.29) is 5.91 Å². The molecule has 2 N–H and O–H groups in total. The van der Waals surface area contributed by atoms with Crippen LogP contribution in [0.25, 0.3) is 0 Å². The van der Waals surface area contributed by atoms with Gasteiger partial charge in [0.2, 0.25) is 0 Å². The summed E-state index contributed by atoms with van der Waals surface area (Å²) in [6, 6.07) is 18.2. The van der Waals surface area contributed by atoms with Crippen LogP contribution in [0.2, 0.25) is 0 Å². The highest BCUT2D eigenvalue weighted by Gasteiger charge is 2.21. The average Bonchev–Trinajstić information content (AvgIpc) is 3.26. The van der Waals surface area contributed by atoms with Crippen molar-refractivity contribution >= 4 is 23.3 Å². The molecule has 0 fully saturated rings. The zero-order chi connectivity index (χ0) is 20.6. The van der Waals surface area contributed by atoms with Crippen LogP contribution in [0.5, 0.6) is 0 Å². The molecule has 3 aromatic rings. The molecule has 29 heavy (non-hydrogen) atoms. The van der Waals surface area contributed by atoms with E-state index in [2.05, 4.69) is 17.6 Å². The Bertz CT molecular complexity index is 949. The third kappa shape index (κ3) is 5.48. The van der Waals surface area contributed by atoms with Crippen molar-refractivity contribution in [3.05, 3.63) is 83.8 Å². The van der Waals surface area contributed by atoms with Crippen LogP contribution in [0.3, 0.4) is 0 Å². The molecule has 0 radical (unpaired) electrons. The van der Waals surface area contributed by atoms with Gasteiger partial charge in [-0.05, 0) is 55.3 Å². The van der Waals surface area contributed by atoms with Crippen LogP contribution in [0, 0.1) is 0 Å². The fourth-order valence-electron chi connectivity index (χ4n) is 2.76. The lowest BCUT2D eigenvalue weighted by atomic mass is 10.1. The minimum atomic E-state index is -0.938. The van der Waals surface area contributed by atoms with Crippen molar-refractivity contribution in [2.24, 2.45) is 0 Å². The molecular weight excluding hydrogens is 368 g/mol. The Labute approximate surface area is 169 Å². The molecule has 3 rings (SSSR count). The normalized spacial score (nSPS) is 11.5. The number of nitrogens with one attached hydrogen (secondary N) is 2. The zero-order valence-corrected chi connectivity index (χ0v) is 16.5. The van der Waals surface area contributed by atoms with Crippen LogP contribution in [0.4, 0.5) is 11.4 Å². The fourth-order valence-corrected chi connectivity index (χ4v) is 2.76. The van der Waals surface area contributed by atoms with E-state index in [1.54, 1.807) is 37.5 Å². The summed E-state index contributed by atoms with van der Waals surface area (Å²) in [6.07, 6.45) is 1.58. The van der Waals surface area contributed by atoms with Gasteiger partial charge < -0.3 is 19.8 Å². The summed E-state index contributed by atoms with van der Waals surface area (Å²) in [5.41, 5.74) is 2.81. The highest BCUT2D eigenvalue weighted by Crippen LogP contribution is 2.19. The molecule has 1 amide bonds. The van der Waals surface area contributed by atoms with Gasteiger partial charge in [-0.3, -0.25) is 4.79 Å². The SMILES string of the molecule is CCc1ccc(NC(=O)[C@@H](C)OC(=O)c2ccccc2NCc2ccco2)cc1. The number of benzene rings is 2. The Morgan fingerprint density at radius 3 is 2.48 bits per heavy atom. The molecule has 1 atom stereocenters. The Kier molecular flexibility index (Phi) is 6.68. The molecule has 0 aliphatic rings. The lowest BCUT2D eigenvalue weighted by Crippen LogP contribution is -2.30. The number of carbonyl (C=O) groups is 2. The molecule has 0 saturated carbocycles. The predicted molar refractivity (Wildman–Crippen MR) is 112 cm³/mol. The van der Waals surface area contributed by atoms with E-state index in [9.17, 15) is 9.59 Å². The van der Waals surface area contributed by atoms with Gasteiger partial charge in [0.15, 0.2) is 6.10 Å². The summed E-state index contributed by atoms with van der Waals surface area (Å²) >= 11 is 0. The number of anilines is 2. The van der Waals surface area contributed by atoms with Gasteiger partial charge in [-0.25, -0.2) is 4.79 Å². The average molecular weight is 392 g/mol. The number of esters is 1. The van der Waals surface area contributed by atoms with Crippen LogP contribution in [-0.2, 0) is 22.5 Å². The molecule has 0 aliphatic heterocycles.